The summed E-state index contributed by atoms with van der Waals surface area (Å²) in [5.74, 6) is 0.159. The zero-order valence-electron chi connectivity index (χ0n) is 18.5. The number of hydrogen-bond acceptors (Lipinski definition) is 4. The quantitative estimate of drug-likeness (QED) is 0.343. The average Bonchev–Trinajstić information content (AvgIpc) is 2.80. The number of halogens is 3. The maximum absolute atomic E-state index is 13.5. The summed E-state index contributed by atoms with van der Waals surface area (Å²) in [7, 11) is -2.46. The molecule has 3 aromatic rings. The molecule has 0 radical (unpaired) electrons. The standard InChI is InChI=1S/C24H23BrCl2N2O4S/c1-16(21-5-3-4-6-23(21)33-2)28-24(30)15-29(14-17-7-10-19(26)13-22(17)27)34(31,32)20-11-8-18(25)9-12-20/h3-13,16H,14-15H2,1-2H3,(H,28,30)/t16-/m1/s1. The molecule has 0 saturated heterocycles. The van der Waals surface area contributed by atoms with Crippen molar-refractivity contribution in [1.82, 2.24) is 9.62 Å². The Bertz CT molecular complexity index is 1270. The average molecular weight is 586 g/mol. The van der Waals surface area contributed by atoms with Crippen molar-refractivity contribution < 1.29 is 17.9 Å². The lowest BCUT2D eigenvalue weighted by molar-refractivity contribution is -0.122. The Balaban J connectivity index is 1.88. The van der Waals surface area contributed by atoms with Crippen LogP contribution in [0, 0.1) is 0 Å². The number of amides is 1. The molecule has 6 nitrogen and oxygen atoms in total. The smallest absolute Gasteiger partial charge is 0.243 e. The molecule has 34 heavy (non-hydrogen) atoms. The van der Waals surface area contributed by atoms with Gasteiger partial charge in [0.25, 0.3) is 0 Å². The van der Waals surface area contributed by atoms with E-state index >= 15 is 0 Å². The molecule has 180 valence electrons. The van der Waals surface area contributed by atoms with E-state index in [1.54, 1.807) is 44.4 Å². The topological polar surface area (TPSA) is 75.7 Å². The molecule has 0 unspecified atom stereocenters. The summed E-state index contributed by atoms with van der Waals surface area (Å²) in [6, 6.07) is 17.9. The number of nitrogens with one attached hydrogen (secondary N) is 1. The van der Waals surface area contributed by atoms with E-state index in [0.29, 0.717) is 21.4 Å². The van der Waals surface area contributed by atoms with E-state index in [2.05, 4.69) is 21.2 Å². The second-order valence-electron chi connectivity index (χ2n) is 7.49. The fourth-order valence-electron chi connectivity index (χ4n) is 3.37. The fraction of sp³-hybridized carbons (Fsp3) is 0.208. The van der Waals surface area contributed by atoms with Crippen LogP contribution in [0.5, 0.6) is 5.75 Å². The highest BCUT2D eigenvalue weighted by Crippen LogP contribution is 2.27. The SMILES string of the molecule is COc1ccccc1[C@@H](C)NC(=O)CN(Cc1ccc(Cl)cc1Cl)S(=O)(=O)c1ccc(Br)cc1. The Hall–Kier alpha value is -2.10. The number of sulfonamides is 1. The molecule has 0 aliphatic heterocycles. The highest BCUT2D eigenvalue weighted by atomic mass is 79.9. The van der Waals surface area contributed by atoms with Crippen molar-refractivity contribution in [3.63, 3.8) is 0 Å². The van der Waals surface area contributed by atoms with Crippen molar-refractivity contribution in [1.29, 1.82) is 0 Å². The minimum absolute atomic E-state index is 0.0614. The summed E-state index contributed by atoms with van der Waals surface area (Å²) >= 11 is 15.6. The monoisotopic (exact) mass is 584 g/mol. The maximum atomic E-state index is 13.5. The summed E-state index contributed by atoms with van der Waals surface area (Å²) in [6.45, 7) is 1.29. The Morgan fingerprint density at radius 3 is 2.41 bits per heavy atom. The Kier molecular flexibility index (Phi) is 9.01. The van der Waals surface area contributed by atoms with Crippen molar-refractivity contribution in [2.45, 2.75) is 24.4 Å². The van der Waals surface area contributed by atoms with Crippen LogP contribution in [0.2, 0.25) is 10.0 Å². The van der Waals surface area contributed by atoms with Crippen LogP contribution in [-0.4, -0.2) is 32.3 Å². The highest BCUT2D eigenvalue weighted by molar-refractivity contribution is 9.10. The summed E-state index contributed by atoms with van der Waals surface area (Å²) in [5, 5.41) is 3.60. The maximum Gasteiger partial charge on any atom is 0.243 e. The number of para-hydroxylation sites is 1. The summed E-state index contributed by atoms with van der Waals surface area (Å²) in [4.78, 5) is 13.0. The van der Waals surface area contributed by atoms with Crippen LogP contribution in [0.15, 0.2) is 76.1 Å². The molecular formula is C24H23BrCl2N2O4S. The molecule has 3 rings (SSSR count). The van der Waals surface area contributed by atoms with Crippen LogP contribution in [0.3, 0.4) is 0 Å². The van der Waals surface area contributed by atoms with Crippen molar-refractivity contribution in [2.75, 3.05) is 13.7 Å². The van der Waals surface area contributed by atoms with Crippen molar-refractivity contribution in [3.8, 4) is 5.75 Å². The minimum Gasteiger partial charge on any atom is -0.496 e. The summed E-state index contributed by atoms with van der Waals surface area (Å²) in [5.41, 5.74) is 1.30. The number of methoxy groups -OCH3 is 1. The number of ether oxygens (including phenoxy) is 1. The largest absolute Gasteiger partial charge is 0.496 e. The van der Waals surface area contributed by atoms with E-state index in [9.17, 15) is 13.2 Å². The lowest BCUT2D eigenvalue weighted by atomic mass is 10.1. The number of rotatable bonds is 9. The van der Waals surface area contributed by atoms with Crippen LogP contribution in [-0.2, 0) is 21.4 Å². The molecule has 0 spiro atoms. The third kappa shape index (κ3) is 6.52. The molecule has 0 aromatic heterocycles. The van der Waals surface area contributed by atoms with E-state index in [1.807, 2.05) is 18.2 Å². The Morgan fingerprint density at radius 1 is 1.09 bits per heavy atom. The van der Waals surface area contributed by atoms with Gasteiger partial charge < -0.3 is 10.1 Å². The third-order valence-corrected chi connectivity index (χ3v) is 8.04. The molecule has 1 amide bonds. The van der Waals surface area contributed by atoms with E-state index in [1.165, 1.54) is 18.2 Å². The van der Waals surface area contributed by atoms with Gasteiger partial charge in [-0.2, -0.15) is 4.31 Å². The van der Waals surface area contributed by atoms with Crippen molar-refractivity contribution in [2.24, 2.45) is 0 Å². The van der Waals surface area contributed by atoms with E-state index in [0.717, 1.165) is 14.3 Å². The van der Waals surface area contributed by atoms with Gasteiger partial charge in [-0.05, 0) is 55.0 Å². The number of carbonyl (C=O) groups is 1. The molecule has 0 saturated carbocycles. The first kappa shape index (κ1) is 26.5. The van der Waals surface area contributed by atoms with Gasteiger partial charge in [0.1, 0.15) is 5.75 Å². The molecule has 1 N–H and O–H groups in total. The van der Waals surface area contributed by atoms with E-state index in [4.69, 9.17) is 27.9 Å². The molecule has 3 aromatic carbocycles. The predicted octanol–water partition coefficient (Wildman–Crippen LogP) is 5.83. The zero-order chi connectivity index (χ0) is 24.9. The zero-order valence-corrected chi connectivity index (χ0v) is 22.4. The van der Waals surface area contributed by atoms with Gasteiger partial charge in [-0.25, -0.2) is 8.42 Å². The second-order valence-corrected chi connectivity index (χ2v) is 11.2. The van der Waals surface area contributed by atoms with Crippen LogP contribution < -0.4 is 10.1 Å². The molecule has 0 aliphatic rings. The lowest BCUT2D eigenvalue weighted by Gasteiger charge is -2.24. The summed E-state index contributed by atoms with van der Waals surface area (Å²) < 4.78 is 34.1. The Morgan fingerprint density at radius 2 is 1.76 bits per heavy atom. The minimum atomic E-state index is -4.02. The van der Waals surface area contributed by atoms with Gasteiger partial charge in [0.15, 0.2) is 0 Å². The molecule has 10 heteroatoms. The summed E-state index contributed by atoms with van der Waals surface area (Å²) in [6.07, 6.45) is 0. The van der Waals surface area contributed by atoms with Crippen molar-refractivity contribution in [3.05, 3.63) is 92.4 Å². The van der Waals surface area contributed by atoms with Gasteiger partial charge in [0, 0.05) is 26.6 Å². The first-order chi connectivity index (χ1) is 16.1. The van der Waals surface area contributed by atoms with E-state index in [-0.39, 0.29) is 11.4 Å². The molecule has 1 atom stereocenters. The van der Waals surface area contributed by atoms with Gasteiger partial charge >= 0.3 is 0 Å². The van der Waals surface area contributed by atoms with Gasteiger partial charge in [-0.1, -0.05) is 63.4 Å². The van der Waals surface area contributed by atoms with Crippen LogP contribution in [0.1, 0.15) is 24.1 Å². The molecular weight excluding hydrogens is 563 g/mol. The number of carbonyl (C=O) groups excluding carboxylic acids is 1. The third-order valence-electron chi connectivity index (χ3n) is 5.12. The highest BCUT2D eigenvalue weighted by Gasteiger charge is 2.28. The molecule has 0 bridgehead atoms. The first-order valence-electron chi connectivity index (χ1n) is 10.2. The van der Waals surface area contributed by atoms with Gasteiger partial charge in [-0.3, -0.25) is 4.79 Å². The lowest BCUT2D eigenvalue weighted by Crippen LogP contribution is -2.41. The number of benzene rings is 3. The van der Waals surface area contributed by atoms with Crippen molar-refractivity contribution >= 4 is 55.1 Å². The Labute approximate surface area is 218 Å². The predicted molar refractivity (Wildman–Crippen MR) is 138 cm³/mol. The van der Waals surface area contributed by atoms with Gasteiger partial charge in [-0.15, -0.1) is 0 Å². The number of nitrogens with zero attached hydrogens (tertiary/aromatic N) is 1. The molecule has 0 fully saturated rings. The van der Waals surface area contributed by atoms with Crippen LogP contribution in [0.25, 0.3) is 0 Å². The normalized spacial score (nSPS) is 12.4. The van der Waals surface area contributed by atoms with Gasteiger partial charge in [0.2, 0.25) is 15.9 Å². The number of hydrogen-bond donors (Lipinski definition) is 1. The fourth-order valence-corrected chi connectivity index (χ4v) is 5.48. The van der Waals surface area contributed by atoms with Crippen LogP contribution in [0.4, 0.5) is 0 Å². The first-order valence-corrected chi connectivity index (χ1v) is 13.2. The second kappa shape index (κ2) is 11.6. The van der Waals surface area contributed by atoms with Gasteiger partial charge in [0.05, 0.1) is 24.6 Å². The van der Waals surface area contributed by atoms with E-state index < -0.39 is 28.5 Å². The molecule has 0 aliphatic carbocycles. The molecule has 0 heterocycles. The van der Waals surface area contributed by atoms with Crippen LogP contribution >= 0.6 is 39.1 Å².